The highest BCUT2D eigenvalue weighted by molar-refractivity contribution is 6.03. The molecule has 1 aliphatic carbocycles. The molecule has 1 aliphatic heterocycles. The second-order valence-electron chi connectivity index (χ2n) is 4.60. The van der Waals surface area contributed by atoms with Gasteiger partial charge in [0, 0.05) is 7.05 Å². The van der Waals surface area contributed by atoms with Crippen molar-refractivity contribution in [2.75, 3.05) is 10.6 Å². The SMILES string of the molecule is CCc1nn(C)c2c1NC(=O)C(C1CC1)N2. The highest BCUT2D eigenvalue weighted by atomic mass is 16.2. The Kier molecular flexibility index (Phi) is 1.96. The molecule has 2 N–H and O–H groups in total. The van der Waals surface area contributed by atoms with Crippen molar-refractivity contribution in [3.05, 3.63) is 5.69 Å². The first-order valence-corrected chi connectivity index (χ1v) is 5.84. The molecule has 0 aromatic carbocycles. The third kappa shape index (κ3) is 1.31. The molecular weight excluding hydrogens is 204 g/mol. The molecule has 1 unspecified atom stereocenters. The van der Waals surface area contributed by atoms with E-state index in [1.807, 2.05) is 18.7 Å². The summed E-state index contributed by atoms with van der Waals surface area (Å²) in [5, 5.41) is 10.7. The Morgan fingerprint density at radius 1 is 1.50 bits per heavy atom. The van der Waals surface area contributed by atoms with Gasteiger partial charge in [0.15, 0.2) is 0 Å². The smallest absolute Gasteiger partial charge is 0.247 e. The van der Waals surface area contributed by atoms with Crippen LogP contribution in [0.25, 0.3) is 0 Å². The van der Waals surface area contributed by atoms with Gasteiger partial charge in [0.1, 0.15) is 17.5 Å². The molecule has 3 rings (SSSR count). The average molecular weight is 220 g/mol. The van der Waals surface area contributed by atoms with Crippen molar-refractivity contribution in [2.45, 2.75) is 32.2 Å². The minimum absolute atomic E-state index is 0.0624. The molecule has 1 atom stereocenters. The minimum Gasteiger partial charge on any atom is -0.357 e. The van der Waals surface area contributed by atoms with Crippen LogP contribution in [0.3, 0.4) is 0 Å². The Morgan fingerprint density at radius 2 is 2.25 bits per heavy atom. The van der Waals surface area contributed by atoms with Crippen LogP contribution in [0.2, 0.25) is 0 Å². The molecule has 5 nitrogen and oxygen atoms in total. The van der Waals surface area contributed by atoms with Crippen molar-refractivity contribution in [3.63, 3.8) is 0 Å². The second-order valence-corrected chi connectivity index (χ2v) is 4.60. The zero-order valence-corrected chi connectivity index (χ0v) is 9.58. The van der Waals surface area contributed by atoms with Crippen molar-refractivity contribution in [2.24, 2.45) is 13.0 Å². The molecule has 1 aromatic rings. The lowest BCUT2D eigenvalue weighted by Crippen LogP contribution is -2.40. The number of rotatable bonds is 2. The summed E-state index contributed by atoms with van der Waals surface area (Å²) in [7, 11) is 1.91. The summed E-state index contributed by atoms with van der Waals surface area (Å²) in [6.07, 6.45) is 3.14. The fraction of sp³-hybridized carbons (Fsp3) is 0.636. The number of fused-ring (bicyclic) bond motifs is 1. The first-order valence-electron chi connectivity index (χ1n) is 5.84. The maximum absolute atomic E-state index is 11.9. The first kappa shape index (κ1) is 9.69. The van der Waals surface area contributed by atoms with Crippen LogP contribution in [-0.4, -0.2) is 21.7 Å². The van der Waals surface area contributed by atoms with Crippen LogP contribution in [0.4, 0.5) is 11.5 Å². The van der Waals surface area contributed by atoms with E-state index in [2.05, 4.69) is 15.7 Å². The normalized spacial score (nSPS) is 23.6. The van der Waals surface area contributed by atoms with Gasteiger partial charge in [-0.2, -0.15) is 5.10 Å². The summed E-state index contributed by atoms with van der Waals surface area (Å²) >= 11 is 0. The van der Waals surface area contributed by atoms with Gasteiger partial charge in [0.05, 0.1) is 5.69 Å². The molecule has 1 fully saturated rings. The Balaban J connectivity index is 1.98. The molecular formula is C11H16N4O. The lowest BCUT2D eigenvalue weighted by Gasteiger charge is -2.25. The molecule has 1 saturated carbocycles. The van der Waals surface area contributed by atoms with E-state index in [1.54, 1.807) is 0 Å². The van der Waals surface area contributed by atoms with E-state index in [1.165, 1.54) is 0 Å². The number of aryl methyl sites for hydroxylation is 2. The summed E-state index contributed by atoms with van der Waals surface area (Å²) in [6.45, 7) is 2.04. The van der Waals surface area contributed by atoms with Crippen LogP contribution in [0.5, 0.6) is 0 Å². The van der Waals surface area contributed by atoms with Gasteiger partial charge in [-0.1, -0.05) is 6.92 Å². The van der Waals surface area contributed by atoms with E-state index < -0.39 is 0 Å². The number of carbonyl (C=O) groups excluding carboxylic acids is 1. The van der Waals surface area contributed by atoms with Crippen molar-refractivity contribution in [3.8, 4) is 0 Å². The number of hydrogen-bond donors (Lipinski definition) is 2. The molecule has 5 heteroatoms. The van der Waals surface area contributed by atoms with E-state index in [-0.39, 0.29) is 11.9 Å². The van der Waals surface area contributed by atoms with Gasteiger partial charge < -0.3 is 10.6 Å². The topological polar surface area (TPSA) is 59.0 Å². The molecule has 0 radical (unpaired) electrons. The van der Waals surface area contributed by atoms with Crippen LogP contribution < -0.4 is 10.6 Å². The van der Waals surface area contributed by atoms with E-state index in [0.717, 1.165) is 36.5 Å². The predicted molar refractivity (Wildman–Crippen MR) is 61.4 cm³/mol. The molecule has 0 spiro atoms. The highest BCUT2D eigenvalue weighted by Crippen LogP contribution is 2.39. The summed E-state index contributed by atoms with van der Waals surface area (Å²) in [5.41, 5.74) is 1.82. The summed E-state index contributed by atoms with van der Waals surface area (Å²) in [5.74, 6) is 1.55. The fourth-order valence-electron chi connectivity index (χ4n) is 2.30. The standard InChI is InChI=1S/C11H16N4O/c1-3-7-9-10(15(2)14-7)12-8(6-4-5-6)11(16)13-9/h6,8,12H,3-5H2,1-2H3,(H,13,16). The van der Waals surface area contributed by atoms with Gasteiger partial charge in [-0.25, -0.2) is 0 Å². The lowest BCUT2D eigenvalue weighted by molar-refractivity contribution is -0.117. The number of carbonyl (C=O) groups is 1. The van der Waals surface area contributed by atoms with Crippen molar-refractivity contribution >= 4 is 17.4 Å². The van der Waals surface area contributed by atoms with Gasteiger partial charge in [0.2, 0.25) is 5.91 Å². The summed E-state index contributed by atoms with van der Waals surface area (Å²) in [4.78, 5) is 11.9. The summed E-state index contributed by atoms with van der Waals surface area (Å²) < 4.78 is 1.82. The Bertz CT molecular complexity index is 447. The Morgan fingerprint density at radius 3 is 2.88 bits per heavy atom. The Labute approximate surface area is 94.2 Å². The van der Waals surface area contributed by atoms with Crippen LogP contribution in [-0.2, 0) is 18.3 Å². The molecule has 16 heavy (non-hydrogen) atoms. The van der Waals surface area contributed by atoms with Gasteiger partial charge in [-0.05, 0) is 25.2 Å². The maximum atomic E-state index is 11.9. The van der Waals surface area contributed by atoms with Gasteiger partial charge in [0.25, 0.3) is 0 Å². The van der Waals surface area contributed by atoms with Crippen molar-refractivity contribution in [1.82, 2.24) is 9.78 Å². The fourth-order valence-corrected chi connectivity index (χ4v) is 2.30. The van der Waals surface area contributed by atoms with Gasteiger partial charge in [-0.15, -0.1) is 0 Å². The van der Waals surface area contributed by atoms with Gasteiger partial charge in [-0.3, -0.25) is 9.48 Å². The van der Waals surface area contributed by atoms with E-state index >= 15 is 0 Å². The number of aromatic nitrogens is 2. The monoisotopic (exact) mass is 220 g/mol. The zero-order valence-electron chi connectivity index (χ0n) is 9.58. The first-order chi connectivity index (χ1) is 7.70. The Hall–Kier alpha value is -1.52. The van der Waals surface area contributed by atoms with Crippen LogP contribution >= 0.6 is 0 Å². The highest BCUT2D eigenvalue weighted by Gasteiger charge is 2.40. The van der Waals surface area contributed by atoms with E-state index in [9.17, 15) is 4.79 Å². The zero-order chi connectivity index (χ0) is 11.3. The van der Waals surface area contributed by atoms with E-state index in [4.69, 9.17) is 0 Å². The third-order valence-electron chi connectivity index (χ3n) is 3.37. The largest absolute Gasteiger partial charge is 0.357 e. The van der Waals surface area contributed by atoms with Gasteiger partial charge >= 0.3 is 0 Å². The van der Waals surface area contributed by atoms with Crippen LogP contribution in [0, 0.1) is 5.92 Å². The number of hydrogen-bond acceptors (Lipinski definition) is 3. The number of nitrogens with zero attached hydrogens (tertiary/aromatic N) is 2. The maximum Gasteiger partial charge on any atom is 0.247 e. The predicted octanol–water partition coefficient (Wildman–Crippen LogP) is 1.13. The molecule has 2 heterocycles. The average Bonchev–Trinajstić information content (AvgIpc) is 3.05. The quantitative estimate of drug-likeness (QED) is 0.785. The molecule has 0 bridgehead atoms. The van der Waals surface area contributed by atoms with Crippen LogP contribution in [0.15, 0.2) is 0 Å². The molecule has 0 saturated heterocycles. The number of amides is 1. The number of anilines is 2. The number of nitrogens with one attached hydrogen (secondary N) is 2. The summed E-state index contributed by atoms with van der Waals surface area (Å²) in [6, 6.07) is -0.0624. The van der Waals surface area contributed by atoms with Crippen molar-refractivity contribution < 1.29 is 4.79 Å². The minimum atomic E-state index is -0.0624. The molecule has 2 aliphatic rings. The third-order valence-corrected chi connectivity index (χ3v) is 3.37. The lowest BCUT2D eigenvalue weighted by atomic mass is 10.1. The molecule has 1 aromatic heterocycles. The molecule has 86 valence electrons. The molecule has 1 amide bonds. The van der Waals surface area contributed by atoms with Crippen LogP contribution in [0.1, 0.15) is 25.5 Å². The second kappa shape index (κ2) is 3.23. The van der Waals surface area contributed by atoms with Crippen molar-refractivity contribution in [1.29, 1.82) is 0 Å². The van der Waals surface area contributed by atoms with E-state index in [0.29, 0.717) is 5.92 Å².